The van der Waals surface area contributed by atoms with E-state index in [9.17, 15) is 0 Å². The van der Waals surface area contributed by atoms with E-state index in [0.29, 0.717) is 12.0 Å². The Labute approximate surface area is 85.5 Å². The summed E-state index contributed by atoms with van der Waals surface area (Å²) in [5.74, 6) is 0.700. The average Bonchev–Trinajstić information content (AvgIpc) is 2.30. The van der Waals surface area contributed by atoms with Crippen molar-refractivity contribution in [2.24, 2.45) is 5.73 Å². The zero-order chi connectivity index (χ0) is 9.80. The summed E-state index contributed by atoms with van der Waals surface area (Å²) < 4.78 is 0. The highest BCUT2D eigenvalue weighted by Gasteiger charge is 2.21. The monoisotopic (exact) mass is 190 g/mol. The Kier molecular flexibility index (Phi) is 3.17. The van der Waals surface area contributed by atoms with Crippen molar-refractivity contribution in [3.05, 3.63) is 35.9 Å². The van der Waals surface area contributed by atoms with Gasteiger partial charge in [-0.2, -0.15) is 0 Å². The summed E-state index contributed by atoms with van der Waals surface area (Å²) in [5, 5.41) is 3.44. The Morgan fingerprint density at radius 2 is 2.07 bits per heavy atom. The first-order chi connectivity index (χ1) is 6.90. The maximum Gasteiger partial charge on any atom is 0.0196 e. The fraction of sp³-hybridized carbons (Fsp3) is 0.500. The Bertz CT molecular complexity index is 271. The predicted molar refractivity (Wildman–Crippen MR) is 59.3 cm³/mol. The van der Waals surface area contributed by atoms with E-state index >= 15 is 0 Å². The Balaban J connectivity index is 2.04. The van der Waals surface area contributed by atoms with Crippen molar-refractivity contribution in [1.29, 1.82) is 0 Å². The summed E-state index contributed by atoms with van der Waals surface area (Å²) in [6, 6.07) is 11.3. The van der Waals surface area contributed by atoms with Gasteiger partial charge in [0.1, 0.15) is 0 Å². The highest BCUT2D eigenvalue weighted by molar-refractivity contribution is 5.20. The molecule has 0 spiro atoms. The average molecular weight is 190 g/mol. The lowest BCUT2D eigenvalue weighted by atomic mass is 9.86. The lowest BCUT2D eigenvalue weighted by molar-refractivity contribution is 0.367. The molecule has 2 nitrogen and oxygen atoms in total. The van der Waals surface area contributed by atoms with Gasteiger partial charge in [-0.05, 0) is 30.9 Å². The van der Waals surface area contributed by atoms with Crippen LogP contribution >= 0.6 is 0 Å². The molecule has 1 heterocycles. The topological polar surface area (TPSA) is 38.0 Å². The van der Waals surface area contributed by atoms with Crippen molar-refractivity contribution in [2.45, 2.75) is 24.8 Å². The van der Waals surface area contributed by atoms with Gasteiger partial charge in [-0.1, -0.05) is 30.3 Å². The van der Waals surface area contributed by atoms with Crippen LogP contribution in [0.15, 0.2) is 30.3 Å². The third-order valence-corrected chi connectivity index (χ3v) is 3.05. The normalized spacial score (nSPS) is 27.5. The second-order valence-corrected chi connectivity index (χ2v) is 4.02. The van der Waals surface area contributed by atoms with Crippen LogP contribution in [0.2, 0.25) is 0 Å². The van der Waals surface area contributed by atoms with E-state index in [0.717, 1.165) is 13.1 Å². The van der Waals surface area contributed by atoms with Gasteiger partial charge in [-0.15, -0.1) is 0 Å². The smallest absolute Gasteiger partial charge is 0.0196 e. The molecule has 2 atom stereocenters. The zero-order valence-electron chi connectivity index (χ0n) is 8.45. The Hall–Kier alpha value is -0.860. The Morgan fingerprint density at radius 1 is 1.29 bits per heavy atom. The maximum absolute atomic E-state index is 5.68. The summed E-state index contributed by atoms with van der Waals surface area (Å²) >= 11 is 0. The van der Waals surface area contributed by atoms with Crippen molar-refractivity contribution >= 4 is 0 Å². The highest BCUT2D eigenvalue weighted by atomic mass is 14.9. The Morgan fingerprint density at radius 3 is 2.79 bits per heavy atom. The van der Waals surface area contributed by atoms with Gasteiger partial charge in [0, 0.05) is 12.6 Å². The first kappa shape index (κ1) is 9.69. The van der Waals surface area contributed by atoms with Crippen molar-refractivity contribution in [3.8, 4) is 0 Å². The van der Waals surface area contributed by atoms with Gasteiger partial charge in [0.25, 0.3) is 0 Å². The summed E-state index contributed by atoms with van der Waals surface area (Å²) in [4.78, 5) is 0. The van der Waals surface area contributed by atoms with Gasteiger partial charge < -0.3 is 11.1 Å². The molecule has 0 saturated carbocycles. The molecule has 1 fully saturated rings. The van der Waals surface area contributed by atoms with Gasteiger partial charge in [-0.3, -0.25) is 0 Å². The third kappa shape index (κ3) is 2.14. The number of hydrogen-bond acceptors (Lipinski definition) is 2. The number of nitrogens with one attached hydrogen (secondary N) is 1. The number of piperidine rings is 1. The van der Waals surface area contributed by atoms with Crippen LogP contribution in [0, 0.1) is 0 Å². The van der Waals surface area contributed by atoms with E-state index in [2.05, 4.69) is 35.6 Å². The van der Waals surface area contributed by atoms with Crippen LogP contribution in [-0.4, -0.2) is 19.1 Å². The molecule has 2 rings (SSSR count). The number of hydrogen-bond donors (Lipinski definition) is 2. The quantitative estimate of drug-likeness (QED) is 0.741. The molecule has 76 valence electrons. The predicted octanol–water partition coefficient (Wildman–Crippen LogP) is 1.48. The molecule has 0 aliphatic carbocycles. The van der Waals surface area contributed by atoms with E-state index in [-0.39, 0.29) is 0 Å². The molecule has 1 aliphatic rings. The fourth-order valence-corrected chi connectivity index (χ4v) is 2.21. The van der Waals surface area contributed by atoms with Crippen LogP contribution in [0.3, 0.4) is 0 Å². The molecule has 0 bridgehead atoms. The maximum atomic E-state index is 5.68. The second kappa shape index (κ2) is 4.58. The molecule has 1 saturated heterocycles. The van der Waals surface area contributed by atoms with Gasteiger partial charge >= 0.3 is 0 Å². The van der Waals surface area contributed by atoms with E-state index in [4.69, 9.17) is 5.73 Å². The van der Waals surface area contributed by atoms with E-state index in [1.807, 2.05) is 0 Å². The molecule has 1 aliphatic heterocycles. The molecule has 2 heteroatoms. The largest absolute Gasteiger partial charge is 0.329 e. The zero-order valence-corrected chi connectivity index (χ0v) is 8.45. The van der Waals surface area contributed by atoms with Crippen LogP contribution < -0.4 is 11.1 Å². The molecule has 1 aromatic carbocycles. The lowest BCUT2D eigenvalue weighted by Gasteiger charge is -2.29. The van der Waals surface area contributed by atoms with Crippen LogP contribution in [0.1, 0.15) is 24.3 Å². The first-order valence-electron chi connectivity index (χ1n) is 5.38. The standard InChI is InChI=1S/C12H18N2/c13-9-12-8-11(6-7-14-12)10-4-2-1-3-5-10/h1-5,11-12,14H,6-9,13H2/t11-,12+/m1/s1. The van der Waals surface area contributed by atoms with Gasteiger partial charge in [0.2, 0.25) is 0 Å². The minimum Gasteiger partial charge on any atom is -0.329 e. The van der Waals surface area contributed by atoms with Crippen LogP contribution in [0.4, 0.5) is 0 Å². The van der Waals surface area contributed by atoms with E-state index in [1.54, 1.807) is 0 Å². The third-order valence-electron chi connectivity index (χ3n) is 3.05. The van der Waals surface area contributed by atoms with Crippen LogP contribution in [0.25, 0.3) is 0 Å². The van der Waals surface area contributed by atoms with Crippen molar-refractivity contribution in [2.75, 3.05) is 13.1 Å². The van der Waals surface area contributed by atoms with Gasteiger partial charge in [0.05, 0.1) is 0 Å². The molecular weight excluding hydrogens is 172 g/mol. The molecule has 3 N–H and O–H groups in total. The van der Waals surface area contributed by atoms with E-state index in [1.165, 1.54) is 18.4 Å². The van der Waals surface area contributed by atoms with Gasteiger partial charge in [-0.25, -0.2) is 0 Å². The first-order valence-corrected chi connectivity index (χ1v) is 5.38. The number of nitrogens with two attached hydrogens (primary N) is 1. The fourth-order valence-electron chi connectivity index (χ4n) is 2.21. The minimum atomic E-state index is 0.508. The highest BCUT2D eigenvalue weighted by Crippen LogP contribution is 2.26. The van der Waals surface area contributed by atoms with Crippen molar-refractivity contribution in [1.82, 2.24) is 5.32 Å². The molecule has 0 aromatic heterocycles. The second-order valence-electron chi connectivity index (χ2n) is 4.02. The van der Waals surface area contributed by atoms with Crippen LogP contribution in [-0.2, 0) is 0 Å². The number of rotatable bonds is 2. The molecular formula is C12H18N2. The summed E-state index contributed by atoms with van der Waals surface area (Å²) in [5.41, 5.74) is 7.15. The van der Waals surface area contributed by atoms with Gasteiger partial charge in [0.15, 0.2) is 0 Å². The number of benzene rings is 1. The summed E-state index contributed by atoms with van der Waals surface area (Å²) in [6.07, 6.45) is 2.42. The van der Waals surface area contributed by atoms with Crippen molar-refractivity contribution in [3.63, 3.8) is 0 Å². The molecule has 0 amide bonds. The molecule has 1 aromatic rings. The minimum absolute atomic E-state index is 0.508. The summed E-state index contributed by atoms with van der Waals surface area (Å²) in [7, 11) is 0. The lowest BCUT2D eigenvalue weighted by Crippen LogP contribution is -2.42. The SMILES string of the molecule is NC[C@@H]1C[C@H](c2ccccc2)CCN1. The molecule has 0 radical (unpaired) electrons. The summed E-state index contributed by atoms with van der Waals surface area (Å²) in [6.45, 7) is 1.85. The molecule has 14 heavy (non-hydrogen) atoms. The van der Waals surface area contributed by atoms with Crippen LogP contribution in [0.5, 0.6) is 0 Å². The van der Waals surface area contributed by atoms with Crippen molar-refractivity contribution < 1.29 is 0 Å². The van der Waals surface area contributed by atoms with E-state index < -0.39 is 0 Å². The molecule has 0 unspecified atom stereocenters.